The van der Waals surface area contributed by atoms with Gasteiger partial charge in [0.15, 0.2) is 0 Å². The maximum absolute atomic E-state index is 5.32. The minimum Gasteiger partial charge on any atom is -0.494 e. The zero-order chi connectivity index (χ0) is 14.7. The number of ether oxygens (including phenoxy) is 1. The minimum absolute atomic E-state index is 0.726. The summed E-state index contributed by atoms with van der Waals surface area (Å²) in [6, 6.07) is 20.1. The van der Waals surface area contributed by atoms with Crippen LogP contribution in [0.3, 0.4) is 0 Å². The van der Waals surface area contributed by atoms with E-state index in [4.69, 9.17) is 4.74 Å². The SMILES string of the molecule is COc1ccc(C)cc1N=Nc1cccc2ccccc12. The fraction of sp³-hybridized carbons (Fsp3) is 0.111. The van der Waals surface area contributed by atoms with Gasteiger partial charge in [-0.05, 0) is 36.1 Å². The van der Waals surface area contributed by atoms with E-state index in [9.17, 15) is 0 Å². The number of rotatable bonds is 3. The molecular formula is C18H16N2O. The smallest absolute Gasteiger partial charge is 0.146 e. The molecule has 0 saturated carbocycles. The van der Waals surface area contributed by atoms with Gasteiger partial charge in [-0.3, -0.25) is 0 Å². The highest BCUT2D eigenvalue weighted by molar-refractivity contribution is 5.92. The monoisotopic (exact) mass is 276 g/mol. The molecule has 3 aromatic rings. The van der Waals surface area contributed by atoms with E-state index in [1.807, 2.05) is 49.4 Å². The molecule has 0 saturated heterocycles. The second-order valence-corrected chi connectivity index (χ2v) is 4.87. The number of methoxy groups -OCH3 is 1. The van der Waals surface area contributed by atoms with Gasteiger partial charge in [0.25, 0.3) is 0 Å². The van der Waals surface area contributed by atoms with Crippen LogP contribution < -0.4 is 4.74 Å². The number of benzene rings is 3. The molecule has 0 fully saturated rings. The van der Waals surface area contributed by atoms with Crippen LogP contribution in [0.4, 0.5) is 11.4 Å². The number of aryl methyl sites for hydroxylation is 1. The Balaban J connectivity index is 2.04. The molecule has 0 bridgehead atoms. The molecule has 21 heavy (non-hydrogen) atoms. The van der Waals surface area contributed by atoms with Gasteiger partial charge in [0.2, 0.25) is 0 Å². The number of hydrogen-bond donors (Lipinski definition) is 0. The molecule has 3 rings (SSSR count). The second-order valence-electron chi connectivity index (χ2n) is 4.87. The van der Waals surface area contributed by atoms with Crippen LogP contribution in [0.5, 0.6) is 5.75 Å². The summed E-state index contributed by atoms with van der Waals surface area (Å²) in [5.74, 6) is 0.726. The molecule has 0 amide bonds. The normalized spacial score (nSPS) is 11.1. The molecule has 0 aliphatic heterocycles. The molecule has 104 valence electrons. The van der Waals surface area contributed by atoms with Gasteiger partial charge in [-0.15, -0.1) is 10.2 Å². The third-order valence-electron chi connectivity index (χ3n) is 3.37. The van der Waals surface area contributed by atoms with Crippen molar-refractivity contribution in [2.45, 2.75) is 6.92 Å². The first-order valence-corrected chi connectivity index (χ1v) is 6.82. The van der Waals surface area contributed by atoms with Gasteiger partial charge >= 0.3 is 0 Å². The van der Waals surface area contributed by atoms with Crippen molar-refractivity contribution in [3.63, 3.8) is 0 Å². The van der Waals surface area contributed by atoms with Crippen LogP contribution in [-0.2, 0) is 0 Å². The van der Waals surface area contributed by atoms with E-state index in [-0.39, 0.29) is 0 Å². The highest BCUT2D eigenvalue weighted by atomic mass is 16.5. The Morgan fingerprint density at radius 1 is 0.810 bits per heavy atom. The first-order valence-electron chi connectivity index (χ1n) is 6.82. The van der Waals surface area contributed by atoms with E-state index >= 15 is 0 Å². The third-order valence-corrected chi connectivity index (χ3v) is 3.37. The lowest BCUT2D eigenvalue weighted by molar-refractivity contribution is 0.416. The Morgan fingerprint density at radius 3 is 2.43 bits per heavy atom. The first-order chi connectivity index (χ1) is 10.3. The molecule has 3 heteroatoms. The average Bonchev–Trinajstić information content (AvgIpc) is 2.53. The molecule has 0 N–H and O–H groups in total. The van der Waals surface area contributed by atoms with Gasteiger partial charge in [0, 0.05) is 5.39 Å². The summed E-state index contributed by atoms with van der Waals surface area (Å²) in [4.78, 5) is 0. The summed E-state index contributed by atoms with van der Waals surface area (Å²) in [6.45, 7) is 2.02. The molecule has 3 aromatic carbocycles. The Hall–Kier alpha value is -2.68. The maximum Gasteiger partial charge on any atom is 0.146 e. The Labute approximate surface area is 123 Å². The van der Waals surface area contributed by atoms with Gasteiger partial charge in [0.05, 0.1) is 12.8 Å². The van der Waals surface area contributed by atoms with Gasteiger partial charge in [-0.2, -0.15) is 0 Å². The van der Waals surface area contributed by atoms with Gasteiger partial charge in [-0.25, -0.2) is 0 Å². The number of fused-ring (bicyclic) bond motifs is 1. The fourth-order valence-electron chi connectivity index (χ4n) is 2.28. The molecule has 0 unspecified atom stereocenters. The summed E-state index contributed by atoms with van der Waals surface area (Å²) < 4.78 is 5.32. The van der Waals surface area contributed by atoms with Crippen molar-refractivity contribution in [3.05, 3.63) is 66.2 Å². The lowest BCUT2D eigenvalue weighted by Crippen LogP contribution is -1.83. The topological polar surface area (TPSA) is 34.0 Å². The Morgan fingerprint density at radius 2 is 1.57 bits per heavy atom. The summed E-state index contributed by atoms with van der Waals surface area (Å²) in [6.07, 6.45) is 0. The summed E-state index contributed by atoms with van der Waals surface area (Å²) in [5.41, 5.74) is 2.73. The standard InChI is InChI=1S/C18H16N2O/c1-13-10-11-18(21-2)17(12-13)20-19-16-9-5-7-14-6-3-4-8-15(14)16/h3-12H,1-2H3. The molecule has 0 heterocycles. The van der Waals surface area contributed by atoms with Crippen LogP contribution in [0, 0.1) is 6.92 Å². The van der Waals surface area contributed by atoms with Gasteiger partial charge in [-0.1, -0.05) is 42.5 Å². The Bertz CT molecular complexity index is 804. The van der Waals surface area contributed by atoms with Crippen molar-refractivity contribution in [2.75, 3.05) is 7.11 Å². The van der Waals surface area contributed by atoms with Crippen LogP contribution in [-0.4, -0.2) is 7.11 Å². The predicted molar refractivity (Wildman–Crippen MR) is 85.9 cm³/mol. The van der Waals surface area contributed by atoms with Crippen LogP contribution >= 0.6 is 0 Å². The molecule has 0 radical (unpaired) electrons. The molecular weight excluding hydrogens is 260 g/mol. The van der Waals surface area contributed by atoms with Crippen molar-refractivity contribution in [1.82, 2.24) is 0 Å². The van der Waals surface area contributed by atoms with Crippen LogP contribution in [0.1, 0.15) is 5.56 Å². The molecule has 0 aliphatic carbocycles. The first kappa shape index (κ1) is 13.3. The van der Waals surface area contributed by atoms with E-state index < -0.39 is 0 Å². The average molecular weight is 276 g/mol. The molecule has 0 aromatic heterocycles. The fourth-order valence-corrected chi connectivity index (χ4v) is 2.28. The van der Waals surface area contributed by atoms with Crippen molar-refractivity contribution in [2.24, 2.45) is 10.2 Å². The molecule has 0 aliphatic rings. The van der Waals surface area contributed by atoms with E-state index in [1.54, 1.807) is 7.11 Å². The predicted octanol–water partition coefficient (Wildman–Crippen LogP) is 5.57. The summed E-state index contributed by atoms with van der Waals surface area (Å²) in [7, 11) is 1.64. The third kappa shape index (κ3) is 2.77. The van der Waals surface area contributed by atoms with E-state index in [0.717, 1.165) is 33.5 Å². The molecule has 3 nitrogen and oxygen atoms in total. The summed E-state index contributed by atoms with van der Waals surface area (Å²) >= 11 is 0. The van der Waals surface area contributed by atoms with Crippen LogP contribution in [0.15, 0.2) is 70.9 Å². The second kappa shape index (κ2) is 5.75. The van der Waals surface area contributed by atoms with E-state index in [2.05, 4.69) is 28.4 Å². The van der Waals surface area contributed by atoms with Crippen LogP contribution in [0.25, 0.3) is 10.8 Å². The van der Waals surface area contributed by atoms with Crippen LogP contribution in [0.2, 0.25) is 0 Å². The zero-order valence-corrected chi connectivity index (χ0v) is 12.1. The summed E-state index contributed by atoms with van der Waals surface area (Å²) in [5, 5.41) is 11.0. The number of azo groups is 1. The zero-order valence-electron chi connectivity index (χ0n) is 12.1. The lowest BCUT2D eigenvalue weighted by atomic mass is 10.1. The van der Waals surface area contributed by atoms with E-state index in [0.29, 0.717) is 0 Å². The number of hydrogen-bond acceptors (Lipinski definition) is 3. The minimum atomic E-state index is 0.726. The lowest BCUT2D eigenvalue weighted by Gasteiger charge is -2.04. The highest BCUT2D eigenvalue weighted by Gasteiger charge is 2.03. The molecule has 0 atom stereocenters. The van der Waals surface area contributed by atoms with E-state index in [1.165, 1.54) is 0 Å². The highest BCUT2D eigenvalue weighted by Crippen LogP contribution is 2.32. The quantitative estimate of drug-likeness (QED) is 0.575. The number of nitrogens with zero attached hydrogens (tertiary/aromatic N) is 2. The van der Waals surface area contributed by atoms with Gasteiger partial charge < -0.3 is 4.74 Å². The molecule has 0 spiro atoms. The van der Waals surface area contributed by atoms with Crippen molar-refractivity contribution in [1.29, 1.82) is 0 Å². The van der Waals surface area contributed by atoms with Gasteiger partial charge in [0.1, 0.15) is 11.4 Å². The Kier molecular flexibility index (Phi) is 3.65. The maximum atomic E-state index is 5.32. The van der Waals surface area contributed by atoms with Crippen molar-refractivity contribution >= 4 is 22.1 Å². The largest absolute Gasteiger partial charge is 0.494 e. The van der Waals surface area contributed by atoms with Crippen molar-refractivity contribution < 1.29 is 4.74 Å². The van der Waals surface area contributed by atoms with Crippen molar-refractivity contribution in [3.8, 4) is 5.75 Å².